The van der Waals surface area contributed by atoms with E-state index < -0.39 is 15.4 Å². The molecule has 0 aliphatic carbocycles. The predicted molar refractivity (Wildman–Crippen MR) is 74.1 cm³/mol. The van der Waals surface area contributed by atoms with E-state index in [-0.39, 0.29) is 24.7 Å². The molecule has 0 radical (unpaired) electrons. The Labute approximate surface area is 112 Å². The second-order valence-corrected chi connectivity index (χ2v) is 7.08. The Hall–Kier alpha value is -0.130. The van der Waals surface area contributed by atoms with E-state index >= 15 is 0 Å². The second-order valence-electron chi connectivity index (χ2n) is 5.25. The molecule has 0 aromatic rings. The van der Waals surface area contributed by atoms with Crippen LogP contribution < -0.4 is 0 Å². The largest absolute Gasteiger partial charge is 0.376 e. The SMILES string of the molecule is CCOS(=O)(=O)C(CCC(C)OC(C)C)C(C)C. The highest BCUT2D eigenvalue weighted by molar-refractivity contribution is 7.87. The lowest BCUT2D eigenvalue weighted by atomic mass is 10.0. The van der Waals surface area contributed by atoms with Gasteiger partial charge in [-0.25, -0.2) is 0 Å². The highest BCUT2D eigenvalue weighted by atomic mass is 32.2. The molecule has 0 aromatic carbocycles. The maximum Gasteiger partial charge on any atom is 0.270 e. The van der Waals surface area contributed by atoms with Gasteiger partial charge in [0.15, 0.2) is 0 Å². The molecule has 0 bridgehead atoms. The third-order valence-electron chi connectivity index (χ3n) is 2.76. The van der Waals surface area contributed by atoms with E-state index in [1.54, 1.807) is 6.92 Å². The summed E-state index contributed by atoms with van der Waals surface area (Å²) >= 11 is 0. The quantitative estimate of drug-likeness (QED) is 0.609. The molecule has 0 aliphatic heterocycles. The van der Waals surface area contributed by atoms with Crippen LogP contribution in [0.4, 0.5) is 0 Å². The molecule has 0 aliphatic rings. The summed E-state index contributed by atoms with van der Waals surface area (Å²) in [5, 5.41) is -0.448. The van der Waals surface area contributed by atoms with Crippen LogP contribution in [-0.2, 0) is 19.0 Å². The zero-order chi connectivity index (χ0) is 14.3. The number of hydrogen-bond donors (Lipinski definition) is 0. The Kier molecular flexibility index (Phi) is 8.06. The van der Waals surface area contributed by atoms with Crippen molar-refractivity contribution in [1.82, 2.24) is 0 Å². The van der Waals surface area contributed by atoms with Gasteiger partial charge >= 0.3 is 0 Å². The van der Waals surface area contributed by atoms with Crippen molar-refractivity contribution in [2.24, 2.45) is 5.92 Å². The van der Waals surface area contributed by atoms with Gasteiger partial charge in [-0.15, -0.1) is 0 Å². The van der Waals surface area contributed by atoms with Gasteiger partial charge in [0.25, 0.3) is 10.1 Å². The molecule has 0 spiro atoms. The van der Waals surface area contributed by atoms with E-state index in [9.17, 15) is 8.42 Å². The Morgan fingerprint density at radius 1 is 1.00 bits per heavy atom. The molecule has 2 unspecified atom stereocenters. The Bertz CT molecular complexity index is 309. The van der Waals surface area contributed by atoms with E-state index in [2.05, 4.69) is 0 Å². The van der Waals surface area contributed by atoms with Crippen molar-refractivity contribution in [2.45, 2.75) is 71.8 Å². The Morgan fingerprint density at radius 2 is 1.56 bits per heavy atom. The summed E-state index contributed by atoms with van der Waals surface area (Å²) in [6.45, 7) is 11.7. The average Bonchev–Trinajstić information content (AvgIpc) is 2.14. The van der Waals surface area contributed by atoms with Gasteiger partial charge in [0.1, 0.15) is 0 Å². The minimum atomic E-state index is -3.45. The molecule has 0 aromatic heterocycles. The first-order chi connectivity index (χ1) is 8.20. The van der Waals surface area contributed by atoms with Crippen molar-refractivity contribution in [2.75, 3.05) is 6.61 Å². The highest BCUT2D eigenvalue weighted by Crippen LogP contribution is 2.21. The molecule has 4 nitrogen and oxygen atoms in total. The molecule has 0 fully saturated rings. The molecule has 110 valence electrons. The van der Waals surface area contributed by atoms with Crippen molar-refractivity contribution < 1.29 is 17.3 Å². The summed E-state index contributed by atoms with van der Waals surface area (Å²) in [4.78, 5) is 0. The van der Waals surface area contributed by atoms with Crippen LogP contribution in [0.1, 0.15) is 54.4 Å². The first-order valence-electron chi connectivity index (χ1n) is 6.74. The van der Waals surface area contributed by atoms with Crippen molar-refractivity contribution in [3.8, 4) is 0 Å². The van der Waals surface area contributed by atoms with E-state index in [1.165, 1.54) is 0 Å². The summed E-state index contributed by atoms with van der Waals surface area (Å²) in [6.07, 6.45) is 1.55. The van der Waals surface area contributed by atoms with Gasteiger partial charge in [-0.05, 0) is 46.5 Å². The molecule has 0 saturated carbocycles. The van der Waals surface area contributed by atoms with E-state index in [1.807, 2.05) is 34.6 Å². The first-order valence-corrected chi connectivity index (χ1v) is 8.21. The third kappa shape index (κ3) is 6.71. The van der Waals surface area contributed by atoms with Gasteiger partial charge in [-0.2, -0.15) is 8.42 Å². The molecule has 5 heteroatoms. The molecular formula is C13H28O4S. The van der Waals surface area contributed by atoms with Crippen LogP contribution in [0.15, 0.2) is 0 Å². The van der Waals surface area contributed by atoms with Crippen LogP contribution in [-0.4, -0.2) is 32.5 Å². The maximum atomic E-state index is 11.9. The Morgan fingerprint density at radius 3 is 1.94 bits per heavy atom. The number of hydrogen-bond acceptors (Lipinski definition) is 4. The maximum absolute atomic E-state index is 11.9. The van der Waals surface area contributed by atoms with Gasteiger partial charge in [0.2, 0.25) is 0 Å². The van der Waals surface area contributed by atoms with Crippen molar-refractivity contribution in [3.63, 3.8) is 0 Å². The van der Waals surface area contributed by atoms with Crippen LogP contribution in [0, 0.1) is 5.92 Å². The van der Waals surface area contributed by atoms with Crippen LogP contribution in [0.2, 0.25) is 0 Å². The fourth-order valence-electron chi connectivity index (χ4n) is 1.99. The lowest BCUT2D eigenvalue weighted by molar-refractivity contribution is 0.0128. The van der Waals surface area contributed by atoms with Gasteiger partial charge < -0.3 is 4.74 Å². The summed E-state index contributed by atoms with van der Waals surface area (Å²) in [5.74, 6) is 0.0489. The van der Waals surface area contributed by atoms with Crippen LogP contribution >= 0.6 is 0 Å². The lowest BCUT2D eigenvalue weighted by Crippen LogP contribution is -2.30. The van der Waals surface area contributed by atoms with Gasteiger partial charge in [0.05, 0.1) is 24.1 Å². The third-order valence-corrected chi connectivity index (χ3v) is 4.84. The van der Waals surface area contributed by atoms with Crippen molar-refractivity contribution >= 4 is 10.1 Å². The molecule has 0 heterocycles. The Balaban J connectivity index is 4.47. The normalized spacial score (nSPS) is 16.2. The lowest BCUT2D eigenvalue weighted by Gasteiger charge is -2.23. The van der Waals surface area contributed by atoms with Gasteiger partial charge in [-0.3, -0.25) is 4.18 Å². The van der Waals surface area contributed by atoms with Gasteiger partial charge in [0, 0.05) is 0 Å². The molecule has 0 N–H and O–H groups in total. The van der Waals surface area contributed by atoms with E-state index in [0.717, 1.165) is 6.42 Å². The summed E-state index contributed by atoms with van der Waals surface area (Å²) in [6, 6.07) is 0. The standard InChI is InChI=1S/C13H28O4S/c1-7-16-18(14,15)13(10(2)3)9-8-12(6)17-11(4)5/h10-13H,7-9H2,1-6H3. The molecule has 2 atom stereocenters. The zero-order valence-electron chi connectivity index (χ0n) is 12.5. The van der Waals surface area contributed by atoms with Crippen molar-refractivity contribution in [3.05, 3.63) is 0 Å². The summed E-state index contributed by atoms with van der Waals surface area (Å²) in [5.41, 5.74) is 0. The van der Waals surface area contributed by atoms with Crippen LogP contribution in [0.25, 0.3) is 0 Å². The minimum Gasteiger partial charge on any atom is -0.376 e. The minimum absolute atomic E-state index is 0.0489. The summed E-state index contributed by atoms with van der Waals surface area (Å²) in [7, 11) is -3.45. The topological polar surface area (TPSA) is 52.6 Å². The van der Waals surface area contributed by atoms with Gasteiger partial charge in [-0.1, -0.05) is 13.8 Å². The molecule has 0 amide bonds. The first kappa shape index (κ1) is 17.9. The van der Waals surface area contributed by atoms with E-state index in [4.69, 9.17) is 8.92 Å². The monoisotopic (exact) mass is 280 g/mol. The molecule has 0 saturated heterocycles. The molecule has 18 heavy (non-hydrogen) atoms. The fraction of sp³-hybridized carbons (Fsp3) is 1.00. The highest BCUT2D eigenvalue weighted by Gasteiger charge is 2.29. The fourth-order valence-corrected chi connectivity index (χ4v) is 3.59. The average molecular weight is 280 g/mol. The van der Waals surface area contributed by atoms with Crippen LogP contribution in [0.3, 0.4) is 0 Å². The van der Waals surface area contributed by atoms with Crippen LogP contribution in [0.5, 0.6) is 0 Å². The second kappa shape index (κ2) is 8.12. The zero-order valence-corrected chi connectivity index (χ0v) is 13.3. The summed E-state index contributed by atoms with van der Waals surface area (Å²) < 4.78 is 34.4. The molecular weight excluding hydrogens is 252 g/mol. The van der Waals surface area contributed by atoms with Crippen molar-refractivity contribution in [1.29, 1.82) is 0 Å². The number of rotatable bonds is 9. The molecule has 0 rings (SSSR count). The number of ether oxygens (including phenoxy) is 1. The van der Waals surface area contributed by atoms with E-state index in [0.29, 0.717) is 6.42 Å². The smallest absolute Gasteiger partial charge is 0.270 e. The predicted octanol–water partition coefficient (Wildman–Crippen LogP) is 2.97.